The molecule has 5 rings (SSSR count). The largest absolute Gasteiger partial charge is 0.491 e. The highest BCUT2D eigenvalue weighted by atomic mass is 16.5. The van der Waals surface area contributed by atoms with Gasteiger partial charge in [0.15, 0.2) is 0 Å². The Kier molecular flexibility index (Phi) is 5.97. The maximum atomic E-state index is 13.1. The lowest BCUT2D eigenvalue weighted by molar-refractivity contribution is 0.102. The molecule has 2 aromatic carbocycles. The molecule has 3 aromatic heterocycles. The van der Waals surface area contributed by atoms with Crippen LogP contribution in [-0.4, -0.2) is 45.4 Å². The van der Waals surface area contributed by atoms with Crippen LogP contribution in [0.1, 0.15) is 29.0 Å². The Bertz CT molecular complexity index is 1440. The topological polar surface area (TPSA) is 82.7 Å². The maximum absolute atomic E-state index is 13.1. The Balaban J connectivity index is 1.40. The molecule has 0 fully saturated rings. The zero-order chi connectivity index (χ0) is 23.5. The van der Waals surface area contributed by atoms with Crippen LogP contribution in [0, 0.1) is 0 Å². The molecule has 1 unspecified atom stereocenters. The lowest BCUT2D eigenvalue weighted by atomic mass is 10.1. The van der Waals surface area contributed by atoms with E-state index in [-0.39, 0.29) is 11.9 Å². The number of amides is 1. The number of fused-ring (bicyclic) bond motifs is 2. The summed E-state index contributed by atoms with van der Waals surface area (Å²) in [6, 6.07) is 19.7. The standard InChI is InChI=1S/C26H25N5O3/c1-18(19-7-4-3-5-8-19)31-23-10-6-9-22(21(23)16-28-31)29-26(32)24-17-27-25-15-20(11-12-30(24)25)34-14-13-33-2/h3-12,15-18H,13-14H2,1-2H3,(H,29,32). The minimum atomic E-state index is -0.253. The first-order valence-corrected chi connectivity index (χ1v) is 11.1. The summed E-state index contributed by atoms with van der Waals surface area (Å²) in [5.74, 6) is 0.420. The van der Waals surface area contributed by atoms with E-state index in [1.807, 2.05) is 41.1 Å². The summed E-state index contributed by atoms with van der Waals surface area (Å²) < 4.78 is 14.3. The third-order valence-electron chi connectivity index (χ3n) is 5.81. The first-order chi connectivity index (χ1) is 16.7. The normalized spacial score (nSPS) is 12.2. The monoisotopic (exact) mass is 455 g/mol. The predicted octanol–water partition coefficient (Wildman–Crippen LogP) is 4.57. The Morgan fingerprint density at radius 1 is 1.06 bits per heavy atom. The van der Waals surface area contributed by atoms with Crippen molar-refractivity contribution < 1.29 is 14.3 Å². The van der Waals surface area contributed by atoms with Crippen molar-refractivity contribution in [1.29, 1.82) is 0 Å². The maximum Gasteiger partial charge on any atom is 0.274 e. The molecule has 172 valence electrons. The molecule has 8 nitrogen and oxygen atoms in total. The van der Waals surface area contributed by atoms with E-state index in [1.165, 1.54) is 5.56 Å². The number of pyridine rings is 1. The Hall–Kier alpha value is -4.17. The Morgan fingerprint density at radius 3 is 2.74 bits per heavy atom. The number of methoxy groups -OCH3 is 1. The molecule has 1 amide bonds. The summed E-state index contributed by atoms with van der Waals surface area (Å²) >= 11 is 0. The number of anilines is 1. The fraction of sp³-hybridized carbons (Fsp3) is 0.192. The van der Waals surface area contributed by atoms with Gasteiger partial charge in [0.25, 0.3) is 5.91 Å². The summed E-state index contributed by atoms with van der Waals surface area (Å²) in [5, 5.41) is 8.52. The number of carbonyl (C=O) groups is 1. The molecule has 0 saturated heterocycles. The third-order valence-corrected chi connectivity index (χ3v) is 5.81. The van der Waals surface area contributed by atoms with Crippen LogP contribution < -0.4 is 10.1 Å². The molecule has 1 atom stereocenters. The van der Waals surface area contributed by atoms with Gasteiger partial charge >= 0.3 is 0 Å². The van der Waals surface area contributed by atoms with Crippen molar-refractivity contribution in [1.82, 2.24) is 19.2 Å². The fourth-order valence-corrected chi connectivity index (χ4v) is 4.01. The van der Waals surface area contributed by atoms with Gasteiger partial charge in [0.1, 0.15) is 23.7 Å². The molecule has 0 radical (unpaired) electrons. The van der Waals surface area contributed by atoms with Gasteiger partial charge in [-0.05, 0) is 30.7 Å². The average molecular weight is 456 g/mol. The second-order valence-corrected chi connectivity index (χ2v) is 7.94. The number of imidazole rings is 1. The van der Waals surface area contributed by atoms with Crippen LogP contribution >= 0.6 is 0 Å². The van der Waals surface area contributed by atoms with Crippen molar-refractivity contribution in [3.8, 4) is 5.75 Å². The molecule has 0 bridgehead atoms. The number of ether oxygens (including phenoxy) is 2. The van der Waals surface area contributed by atoms with Crippen molar-refractivity contribution >= 4 is 28.1 Å². The van der Waals surface area contributed by atoms with Crippen molar-refractivity contribution in [2.45, 2.75) is 13.0 Å². The van der Waals surface area contributed by atoms with E-state index in [4.69, 9.17) is 9.47 Å². The van der Waals surface area contributed by atoms with Gasteiger partial charge in [0.05, 0.1) is 36.2 Å². The SMILES string of the molecule is COCCOc1ccn2c(C(=O)Nc3cccc4c3cnn4C(C)c3ccccc3)cnc2c1. The molecule has 5 aromatic rings. The van der Waals surface area contributed by atoms with Crippen molar-refractivity contribution in [3.63, 3.8) is 0 Å². The Morgan fingerprint density at radius 2 is 1.91 bits per heavy atom. The molecule has 0 aliphatic heterocycles. The van der Waals surface area contributed by atoms with E-state index >= 15 is 0 Å². The minimum absolute atomic E-state index is 0.0590. The zero-order valence-corrected chi connectivity index (χ0v) is 19.0. The molecule has 1 N–H and O–H groups in total. The number of rotatable bonds is 8. The summed E-state index contributed by atoms with van der Waals surface area (Å²) in [6.45, 7) is 3.06. The second-order valence-electron chi connectivity index (χ2n) is 7.94. The summed E-state index contributed by atoms with van der Waals surface area (Å²) in [6.07, 6.45) is 5.13. The lowest BCUT2D eigenvalue weighted by Gasteiger charge is -2.14. The van der Waals surface area contributed by atoms with E-state index in [1.54, 1.807) is 42.2 Å². The van der Waals surface area contributed by atoms with Crippen molar-refractivity contribution in [2.24, 2.45) is 0 Å². The third kappa shape index (κ3) is 4.11. The van der Waals surface area contributed by atoms with Crippen LogP contribution in [0.15, 0.2) is 79.3 Å². The molecule has 0 saturated carbocycles. The van der Waals surface area contributed by atoms with Crippen LogP contribution in [-0.2, 0) is 4.74 Å². The van der Waals surface area contributed by atoms with Gasteiger partial charge in [0.2, 0.25) is 0 Å². The summed E-state index contributed by atoms with van der Waals surface area (Å²) in [5.41, 5.74) is 3.87. The highest BCUT2D eigenvalue weighted by molar-refractivity contribution is 6.08. The van der Waals surface area contributed by atoms with E-state index in [2.05, 4.69) is 34.5 Å². The van der Waals surface area contributed by atoms with Crippen LogP contribution in [0.2, 0.25) is 0 Å². The van der Waals surface area contributed by atoms with Crippen molar-refractivity contribution in [3.05, 3.63) is 90.5 Å². The molecule has 0 aliphatic carbocycles. The van der Waals surface area contributed by atoms with Gasteiger partial charge in [-0.1, -0.05) is 36.4 Å². The smallest absolute Gasteiger partial charge is 0.274 e. The molecule has 8 heteroatoms. The van der Waals surface area contributed by atoms with Crippen LogP contribution in [0.4, 0.5) is 5.69 Å². The number of nitrogens with zero attached hydrogens (tertiary/aromatic N) is 4. The lowest BCUT2D eigenvalue weighted by Crippen LogP contribution is -2.14. The summed E-state index contributed by atoms with van der Waals surface area (Å²) in [7, 11) is 1.63. The first kappa shape index (κ1) is 21.7. The van der Waals surface area contributed by atoms with Gasteiger partial charge in [-0.3, -0.25) is 13.9 Å². The van der Waals surface area contributed by atoms with Crippen LogP contribution in [0.3, 0.4) is 0 Å². The van der Waals surface area contributed by atoms with Gasteiger partial charge in [0, 0.05) is 24.8 Å². The number of hydrogen-bond donors (Lipinski definition) is 1. The van der Waals surface area contributed by atoms with Gasteiger partial charge in [-0.15, -0.1) is 0 Å². The van der Waals surface area contributed by atoms with Crippen molar-refractivity contribution in [2.75, 3.05) is 25.6 Å². The quantitative estimate of drug-likeness (QED) is 0.347. The predicted molar refractivity (Wildman–Crippen MR) is 131 cm³/mol. The highest BCUT2D eigenvalue weighted by Crippen LogP contribution is 2.28. The van der Waals surface area contributed by atoms with E-state index in [0.717, 1.165) is 10.9 Å². The minimum Gasteiger partial charge on any atom is -0.491 e. The second kappa shape index (κ2) is 9.36. The number of nitrogens with one attached hydrogen (secondary N) is 1. The molecule has 3 heterocycles. The molecule has 34 heavy (non-hydrogen) atoms. The summed E-state index contributed by atoms with van der Waals surface area (Å²) in [4.78, 5) is 17.5. The first-order valence-electron chi connectivity index (χ1n) is 11.1. The van der Waals surface area contributed by atoms with Gasteiger partial charge in [-0.25, -0.2) is 4.98 Å². The Labute approximate surface area is 196 Å². The highest BCUT2D eigenvalue weighted by Gasteiger charge is 2.17. The molecular weight excluding hydrogens is 430 g/mol. The fourth-order valence-electron chi connectivity index (χ4n) is 4.01. The number of hydrogen-bond acceptors (Lipinski definition) is 5. The van der Waals surface area contributed by atoms with Crippen LogP contribution in [0.5, 0.6) is 5.75 Å². The molecule has 0 aliphatic rings. The molecular formula is C26H25N5O3. The van der Waals surface area contributed by atoms with E-state index in [0.29, 0.717) is 36.0 Å². The van der Waals surface area contributed by atoms with Crippen LogP contribution in [0.25, 0.3) is 16.6 Å². The van der Waals surface area contributed by atoms with Gasteiger partial charge < -0.3 is 14.8 Å². The number of carbonyl (C=O) groups excluding carboxylic acids is 1. The average Bonchev–Trinajstić information content (AvgIpc) is 3.49. The zero-order valence-electron chi connectivity index (χ0n) is 19.0. The number of benzene rings is 2. The van der Waals surface area contributed by atoms with E-state index < -0.39 is 0 Å². The number of aromatic nitrogens is 4. The van der Waals surface area contributed by atoms with Gasteiger partial charge in [-0.2, -0.15) is 5.10 Å². The van der Waals surface area contributed by atoms with E-state index in [9.17, 15) is 4.79 Å². The molecule has 0 spiro atoms.